The van der Waals surface area contributed by atoms with Gasteiger partial charge < -0.3 is 10.1 Å². The third-order valence-corrected chi connectivity index (χ3v) is 3.11. The molecule has 0 radical (unpaired) electrons. The zero-order valence-electron chi connectivity index (χ0n) is 12.7. The van der Waals surface area contributed by atoms with E-state index in [0.717, 1.165) is 12.2 Å². The normalized spacial score (nSPS) is 10.9. The molecular weight excluding hydrogens is 267 g/mol. The lowest BCUT2D eigenvalue weighted by molar-refractivity contribution is 0.445. The Kier molecular flexibility index (Phi) is 5.28. The zero-order valence-corrected chi connectivity index (χ0v) is 12.7. The van der Waals surface area contributed by atoms with Gasteiger partial charge in [-0.15, -0.1) is 0 Å². The molecule has 1 N–H and O–H groups in total. The van der Waals surface area contributed by atoms with Gasteiger partial charge in [0.1, 0.15) is 11.6 Å². The molecule has 0 fully saturated rings. The Morgan fingerprint density at radius 1 is 1.29 bits per heavy atom. The predicted octanol–water partition coefficient (Wildman–Crippen LogP) is 4.07. The molecule has 21 heavy (non-hydrogen) atoms. The van der Waals surface area contributed by atoms with Gasteiger partial charge in [0.15, 0.2) is 0 Å². The van der Waals surface area contributed by atoms with E-state index in [1.54, 1.807) is 0 Å². The van der Waals surface area contributed by atoms with E-state index in [1.165, 1.54) is 17.8 Å². The van der Waals surface area contributed by atoms with Crippen LogP contribution < -0.4 is 10.1 Å². The maximum absolute atomic E-state index is 13.4. The Morgan fingerprint density at radius 2 is 2.10 bits per heavy atom. The molecule has 4 heteroatoms. The average Bonchev–Trinajstić information content (AvgIpc) is 2.47. The molecule has 0 aliphatic carbocycles. The number of aryl methyl sites for hydroxylation is 1. The van der Waals surface area contributed by atoms with E-state index < -0.39 is 0 Å². The number of nitrogens with zero attached hydrogens (tertiary/aromatic N) is 1. The van der Waals surface area contributed by atoms with Gasteiger partial charge in [-0.05, 0) is 30.2 Å². The Bertz CT molecular complexity index is 599. The molecule has 0 aliphatic rings. The summed E-state index contributed by atoms with van der Waals surface area (Å²) in [5, 5.41) is 3.25. The van der Waals surface area contributed by atoms with E-state index in [4.69, 9.17) is 4.74 Å². The van der Waals surface area contributed by atoms with Gasteiger partial charge in [0.2, 0.25) is 5.88 Å². The molecular formula is C17H21FN2O. The Hall–Kier alpha value is -1.94. The van der Waals surface area contributed by atoms with Crippen LogP contribution in [0.25, 0.3) is 0 Å². The van der Waals surface area contributed by atoms with Crippen molar-refractivity contribution in [3.8, 4) is 11.6 Å². The third kappa shape index (κ3) is 4.53. The molecule has 112 valence electrons. The van der Waals surface area contributed by atoms with Crippen molar-refractivity contribution in [3.63, 3.8) is 0 Å². The number of aromatic nitrogens is 1. The SMILES string of the molecule is CCc1cccc(Oc2ncc(F)cc2CNC(C)C)c1. The van der Waals surface area contributed by atoms with Crippen LogP contribution in [0.3, 0.4) is 0 Å². The van der Waals surface area contributed by atoms with Crippen molar-refractivity contribution >= 4 is 0 Å². The third-order valence-electron chi connectivity index (χ3n) is 3.11. The molecule has 0 aliphatic heterocycles. The topological polar surface area (TPSA) is 34.1 Å². The first-order valence-corrected chi connectivity index (χ1v) is 7.23. The Labute approximate surface area is 125 Å². The molecule has 2 rings (SSSR count). The van der Waals surface area contributed by atoms with Gasteiger partial charge in [-0.25, -0.2) is 9.37 Å². The van der Waals surface area contributed by atoms with E-state index in [1.807, 2.05) is 38.1 Å². The number of ether oxygens (including phenoxy) is 1. The first-order chi connectivity index (χ1) is 10.1. The summed E-state index contributed by atoms with van der Waals surface area (Å²) in [5.41, 5.74) is 1.90. The minimum absolute atomic E-state index is 0.310. The predicted molar refractivity (Wildman–Crippen MR) is 82.1 cm³/mol. The summed E-state index contributed by atoms with van der Waals surface area (Å²) in [7, 11) is 0. The van der Waals surface area contributed by atoms with E-state index >= 15 is 0 Å². The summed E-state index contributed by atoms with van der Waals surface area (Å²) >= 11 is 0. The van der Waals surface area contributed by atoms with Crippen LogP contribution in [0.2, 0.25) is 0 Å². The number of benzene rings is 1. The van der Waals surface area contributed by atoms with Crippen molar-refractivity contribution in [1.82, 2.24) is 10.3 Å². The maximum Gasteiger partial charge on any atom is 0.223 e. The molecule has 0 unspecified atom stereocenters. The Balaban J connectivity index is 2.21. The molecule has 3 nitrogen and oxygen atoms in total. The average molecular weight is 288 g/mol. The number of rotatable bonds is 6. The molecule has 0 saturated heterocycles. The van der Waals surface area contributed by atoms with Crippen LogP contribution in [0.1, 0.15) is 31.9 Å². The van der Waals surface area contributed by atoms with Crippen LogP contribution in [0.5, 0.6) is 11.6 Å². The summed E-state index contributed by atoms with van der Waals surface area (Å²) in [5.74, 6) is 0.808. The second-order valence-corrected chi connectivity index (χ2v) is 5.26. The maximum atomic E-state index is 13.4. The molecule has 0 bridgehead atoms. The van der Waals surface area contributed by atoms with Crippen molar-refractivity contribution in [2.45, 2.75) is 39.8 Å². The molecule has 0 atom stereocenters. The summed E-state index contributed by atoms with van der Waals surface area (Å²) in [4.78, 5) is 4.07. The van der Waals surface area contributed by atoms with Crippen LogP contribution in [-0.4, -0.2) is 11.0 Å². The van der Waals surface area contributed by atoms with E-state index in [9.17, 15) is 4.39 Å². The molecule has 2 aromatic rings. The van der Waals surface area contributed by atoms with Crippen molar-refractivity contribution in [2.24, 2.45) is 0 Å². The second-order valence-electron chi connectivity index (χ2n) is 5.26. The lowest BCUT2D eigenvalue weighted by Crippen LogP contribution is -2.22. The van der Waals surface area contributed by atoms with E-state index in [2.05, 4.69) is 17.2 Å². The van der Waals surface area contributed by atoms with Crippen molar-refractivity contribution < 1.29 is 9.13 Å². The zero-order chi connectivity index (χ0) is 15.2. The quantitative estimate of drug-likeness (QED) is 0.870. The van der Waals surface area contributed by atoms with Gasteiger partial charge in [-0.3, -0.25) is 0 Å². The van der Waals surface area contributed by atoms with Gasteiger partial charge in [0, 0.05) is 18.2 Å². The fourth-order valence-corrected chi connectivity index (χ4v) is 1.94. The van der Waals surface area contributed by atoms with Crippen molar-refractivity contribution in [1.29, 1.82) is 0 Å². The molecule has 0 amide bonds. The van der Waals surface area contributed by atoms with Crippen LogP contribution >= 0.6 is 0 Å². The van der Waals surface area contributed by atoms with Crippen LogP contribution in [-0.2, 0) is 13.0 Å². The first-order valence-electron chi connectivity index (χ1n) is 7.23. The highest BCUT2D eigenvalue weighted by molar-refractivity contribution is 5.35. The highest BCUT2D eigenvalue weighted by Gasteiger charge is 2.09. The molecule has 1 aromatic carbocycles. The van der Waals surface area contributed by atoms with Gasteiger partial charge in [-0.1, -0.05) is 32.9 Å². The number of halogens is 1. The minimum atomic E-state index is -0.356. The van der Waals surface area contributed by atoms with Crippen LogP contribution in [0.15, 0.2) is 36.5 Å². The number of nitrogens with one attached hydrogen (secondary N) is 1. The lowest BCUT2D eigenvalue weighted by Gasteiger charge is -2.13. The van der Waals surface area contributed by atoms with Gasteiger partial charge in [0.05, 0.1) is 6.20 Å². The number of hydrogen-bond acceptors (Lipinski definition) is 3. The summed E-state index contributed by atoms with van der Waals surface area (Å²) in [6.07, 6.45) is 2.12. The van der Waals surface area contributed by atoms with E-state index in [0.29, 0.717) is 24.0 Å². The Morgan fingerprint density at radius 3 is 2.81 bits per heavy atom. The first kappa shape index (κ1) is 15.4. The van der Waals surface area contributed by atoms with Crippen LogP contribution in [0.4, 0.5) is 4.39 Å². The highest BCUT2D eigenvalue weighted by atomic mass is 19.1. The second kappa shape index (κ2) is 7.18. The van der Waals surface area contributed by atoms with Crippen LogP contribution in [0, 0.1) is 5.82 Å². The largest absolute Gasteiger partial charge is 0.439 e. The summed E-state index contributed by atoms with van der Waals surface area (Å²) in [6.45, 7) is 6.69. The minimum Gasteiger partial charge on any atom is -0.439 e. The molecule has 0 saturated carbocycles. The van der Waals surface area contributed by atoms with E-state index in [-0.39, 0.29) is 5.82 Å². The monoisotopic (exact) mass is 288 g/mol. The fraction of sp³-hybridized carbons (Fsp3) is 0.353. The van der Waals surface area contributed by atoms with Gasteiger partial charge in [-0.2, -0.15) is 0 Å². The molecule has 1 heterocycles. The lowest BCUT2D eigenvalue weighted by atomic mass is 10.2. The summed E-state index contributed by atoms with van der Waals surface area (Å²) in [6, 6.07) is 9.62. The van der Waals surface area contributed by atoms with Gasteiger partial charge in [0.25, 0.3) is 0 Å². The van der Waals surface area contributed by atoms with Crippen molar-refractivity contribution in [2.75, 3.05) is 0 Å². The fourth-order valence-electron chi connectivity index (χ4n) is 1.94. The van der Waals surface area contributed by atoms with Crippen molar-refractivity contribution in [3.05, 3.63) is 53.5 Å². The highest BCUT2D eigenvalue weighted by Crippen LogP contribution is 2.24. The smallest absolute Gasteiger partial charge is 0.223 e. The molecule has 1 aromatic heterocycles. The molecule has 0 spiro atoms. The number of pyridine rings is 1. The number of hydrogen-bond donors (Lipinski definition) is 1. The standard InChI is InChI=1S/C17H21FN2O/c1-4-13-6-5-7-16(8-13)21-17-14(10-19-12(2)3)9-15(18)11-20-17/h5-9,11-12,19H,4,10H2,1-3H3. The summed E-state index contributed by atoms with van der Waals surface area (Å²) < 4.78 is 19.2. The van der Waals surface area contributed by atoms with Gasteiger partial charge >= 0.3 is 0 Å².